The number of rotatable bonds is 17. The number of amides is 5. The number of carbonyl (C=O) groups excluding carboxylic acids is 6. The molecule has 1 aromatic rings. The van der Waals surface area contributed by atoms with Crippen LogP contribution < -0.4 is 10.6 Å². The van der Waals surface area contributed by atoms with Gasteiger partial charge in [0.05, 0.1) is 6.04 Å². The normalized spacial score (nSPS) is 19.6. The molecule has 0 spiro atoms. The Morgan fingerprint density at radius 3 is 1.85 bits per heavy atom. The van der Waals surface area contributed by atoms with Crippen molar-refractivity contribution >= 4 is 35.5 Å². The fraction of sp³-hybridized carbons (Fsp3) is 0.707. The molecule has 6 atom stereocenters. The van der Waals surface area contributed by atoms with E-state index in [-0.39, 0.29) is 53.2 Å². The van der Waals surface area contributed by atoms with Crippen LogP contribution in [0.4, 0.5) is 0 Å². The first-order valence-corrected chi connectivity index (χ1v) is 19.7. The minimum Gasteiger partial charge on any atom is -0.450 e. The van der Waals surface area contributed by atoms with Crippen molar-refractivity contribution in [2.45, 2.75) is 124 Å². The minimum atomic E-state index is -1.02. The third kappa shape index (κ3) is 11.0. The Hall–Kier alpha value is -4.00. The molecule has 2 heterocycles. The number of hydrogen-bond donors (Lipinski definition) is 2. The molecule has 2 saturated heterocycles. The third-order valence-electron chi connectivity index (χ3n) is 10.6. The first-order chi connectivity index (χ1) is 25.4. The Labute approximate surface area is 322 Å². The number of hydrogen-bond acceptors (Lipinski definition) is 8. The standard InChI is InChI=1S/C41H66N6O7/c1-25(2)32(43-36(48)33(26(3)4)44(9)10)39(51)45(11)34(27(5)6)40(52)46-23-15-19-30(46)38(50)47-24-16-20-31(47)41(53)54-35(28(7)8)37(49)42-22-21-29-17-13-12-14-18-29/h12-14,17-18,25-28,30-35H,15-16,19-24H2,1-11H3,(H,42,49)(H,43,48)/t30-,31-,32-,33-,34-,35-/m0/s1. The van der Waals surface area contributed by atoms with Gasteiger partial charge >= 0.3 is 5.97 Å². The third-order valence-corrected chi connectivity index (χ3v) is 10.6. The molecule has 3 rings (SSSR count). The number of esters is 1. The van der Waals surface area contributed by atoms with E-state index in [0.717, 1.165) is 5.56 Å². The highest BCUT2D eigenvalue weighted by molar-refractivity contribution is 5.96. The van der Waals surface area contributed by atoms with Crippen LogP contribution in [-0.2, 0) is 39.9 Å². The molecule has 0 bridgehead atoms. The van der Waals surface area contributed by atoms with Crippen molar-refractivity contribution in [1.82, 2.24) is 30.2 Å². The van der Waals surface area contributed by atoms with Crippen molar-refractivity contribution in [3.8, 4) is 0 Å². The average molecular weight is 755 g/mol. The Morgan fingerprint density at radius 1 is 0.741 bits per heavy atom. The number of likely N-dealkylation sites (tertiary alicyclic amines) is 2. The zero-order valence-corrected chi connectivity index (χ0v) is 34.5. The van der Waals surface area contributed by atoms with E-state index in [1.54, 1.807) is 11.9 Å². The van der Waals surface area contributed by atoms with Crippen LogP contribution in [0.3, 0.4) is 0 Å². The molecule has 0 saturated carbocycles. The van der Waals surface area contributed by atoms with Crippen molar-refractivity contribution in [1.29, 1.82) is 0 Å². The van der Waals surface area contributed by atoms with E-state index >= 15 is 0 Å². The van der Waals surface area contributed by atoms with Gasteiger partial charge in [0.2, 0.25) is 23.6 Å². The Kier molecular flexibility index (Phi) is 16.5. The highest BCUT2D eigenvalue weighted by Gasteiger charge is 2.46. The van der Waals surface area contributed by atoms with Gasteiger partial charge in [-0.15, -0.1) is 0 Å². The SMILES string of the molecule is CC(C)[C@H](NC(=O)[C@H](C(C)C)N(C)C)C(=O)N(C)[C@H](C(=O)N1CCC[C@H]1C(=O)N1CCC[C@H]1C(=O)O[C@H](C(=O)NCCc1ccccc1)C(C)C)C(C)C. The van der Waals surface area contributed by atoms with Crippen LogP contribution in [0.15, 0.2) is 30.3 Å². The molecule has 2 N–H and O–H groups in total. The number of carbonyl (C=O) groups is 6. The van der Waals surface area contributed by atoms with Crippen LogP contribution >= 0.6 is 0 Å². The van der Waals surface area contributed by atoms with Crippen molar-refractivity contribution < 1.29 is 33.5 Å². The summed E-state index contributed by atoms with van der Waals surface area (Å²) in [6, 6.07) is 5.93. The summed E-state index contributed by atoms with van der Waals surface area (Å²) in [5.74, 6) is -3.13. The van der Waals surface area contributed by atoms with Gasteiger partial charge in [0.25, 0.3) is 5.91 Å². The maximum atomic E-state index is 14.4. The predicted octanol–water partition coefficient (Wildman–Crippen LogP) is 3.11. The van der Waals surface area contributed by atoms with Crippen molar-refractivity contribution in [3.63, 3.8) is 0 Å². The van der Waals surface area contributed by atoms with Crippen molar-refractivity contribution in [2.75, 3.05) is 40.8 Å². The maximum absolute atomic E-state index is 14.4. The van der Waals surface area contributed by atoms with Crippen LogP contribution in [-0.4, -0.2) is 132 Å². The van der Waals surface area contributed by atoms with Crippen LogP contribution in [0.1, 0.15) is 86.6 Å². The number of likely N-dealkylation sites (N-methyl/N-ethyl adjacent to an activating group) is 2. The lowest BCUT2D eigenvalue weighted by molar-refractivity contribution is -0.165. The number of nitrogens with one attached hydrogen (secondary N) is 2. The summed E-state index contributed by atoms with van der Waals surface area (Å²) in [7, 11) is 5.24. The second kappa shape index (κ2) is 20.1. The molecule has 54 heavy (non-hydrogen) atoms. The Bertz CT molecular complexity index is 1440. The van der Waals surface area contributed by atoms with Gasteiger partial charge in [-0.05, 0) is 75.4 Å². The molecule has 1 aromatic carbocycles. The van der Waals surface area contributed by atoms with Crippen molar-refractivity contribution in [3.05, 3.63) is 35.9 Å². The van der Waals surface area contributed by atoms with Gasteiger partial charge in [-0.3, -0.25) is 28.9 Å². The molecule has 13 nitrogen and oxygen atoms in total. The second-order valence-electron chi connectivity index (χ2n) is 16.5. The monoisotopic (exact) mass is 754 g/mol. The summed E-state index contributed by atoms with van der Waals surface area (Å²) < 4.78 is 5.81. The van der Waals surface area contributed by atoms with E-state index in [0.29, 0.717) is 51.7 Å². The molecule has 2 aliphatic heterocycles. The molecule has 13 heteroatoms. The minimum absolute atomic E-state index is 0.0126. The summed E-state index contributed by atoms with van der Waals surface area (Å²) in [5.41, 5.74) is 1.08. The molecule has 2 fully saturated rings. The largest absolute Gasteiger partial charge is 0.450 e. The maximum Gasteiger partial charge on any atom is 0.329 e. The number of benzene rings is 1. The molecular weight excluding hydrogens is 688 g/mol. The Morgan fingerprint density at radius 2 is 1.31 bits per heavy atom. The molecule has 0 radical (unpaired) electrons. The van der Waals surface area contributed by atoms with E-state index in [1.165, 1.54) is 9.80 Å². The smallest absolute Gasteiger partial charge is 0.329 e. The summed E-state index contributed by atoms with van der Waals surface area (Å²) in [6.07, 6.45) is 1.62. The predicted molar refractivity (Wildman–Crippen MR) is 208 cm³/mol. The van der Waals surface area contributed by atoms with Crippen LogP contribution in [0.2, 0.25) is 0 Å². The van der Waals surface area contributed by atoms with E-state index in [1.807, 2.05) is 105 Å². The lowest BCUT2D eigenvalue weighted by atomic mass is 9.96. The zero-order valence-electron chi connectivity index (χ0n) is 34.5. The molecule has 302 valence electrons. The Balaban J connectivity index is 1.73. The molecule has 0 aliphatic carbocycles. The van der Waals surface area contributed by atoms with Gasteiger partial charge in [0, 0.05) is 26.7 Å². The second-order valence-corrected chi connectivity index (χ2v) is 16.5. The highest BCUT2D eigenvalue weighted by Crippen LogP contribution is 2.28. The molecule has 0 aromatic heterocycles. The van der Waals surface area contributed by atoms with Gasteiger partial charge in [-0.2, -0.15) is 0 Å². The lowest BCUT2D eigenvalue weighted by Crippen LogP contribution is -2.61. The fourth-order valence-corrected chi connectivity index (χ4v) is 7.84. The molecule has 5 amide bonds. The number of nitrogens with zero attached hydrogens (tertiary/aromatic N) is 4. The molecule has 2 aliphatic rings. The van der Waals surface area contributed by atoms with Crippen LogP contribution in [0, 0.1) is 23.7 Å². The van der Waals surface area contributed by atoms with Gasteiger partial charge in [0.1, 0.15) is 24.2 Å². The van der Waals surface area contributed by atoms with E-state index in [9.17, 15) is 28.8 Å². The lowest BCUT2D eigenvalue weighted by Gasteiger charge is -2.38. The van der Waals surface area contributed by atoms with Gasteiger partial charge in [-0.1, -0.05) is 85.7 Å². The fourth-order valence-electron chi connectivity index (χ4n) is 7.84. The van der Waals surface area contributed by atoms with Crippen molar-refractivity contribution in [2.24, 2.45) is 23.7 Å². The number of ether oxygens (including phenoxy) is 1. The molecule has 0 unspecified atom stereocenters. The zero-order chi connectivity index (χ0) is 40.4. The van der Waals surface area contributed by atoms with Crippen LogP contribution in [0.25, 0.3) is 0 Å². The van der Waals surface area contributed by atoms with E-state index in [2.05, 4.69) is 10.6 Å². The van der Waals surface area contributed by atoms with E-state index in [4.69, 9.17) is 4.74 Å². The van der Waals surface area contributed by atoms with Gasteiger partial charge in [-0.25, -0.2) is 4.79 Å². The van der Waals surface area contributed by atoms with E-state index < -0.39 is 42.3 Å². The molecular formula is C41H66N6O7. The summed E-state index contributed by atoms with van der Waals surface area (Å²) >= 11 is 0. The quantitative estimate of drug-likeness (QED) is 0.231. The highest BCUT2D eigenvalue weighted by atomic mass is 16.6. The summed E-state index contributed by atoms with van der Waals surface area (Å²) in [5, 5.41) is 5.85. The summed E-state index contributed by atoms with van der Waals surface area (Å²) in [4.78, 5) is 89.1. The van der Waals surface area contributed by atoms with Gasteiger partial charge < -0.3 is 30.1 Å². The topological polar surface area (TPSA) is 149 Å². The first-order valence-electron chi connectivity index (χ1n) is 19.7. The van der Waals surface area contributed by atoms with Crippen LogP contribution in [0.5, 0.6) is 0 Å². The summed E-state index contributed by atoms with van der Waals surface area (Å²) in [6.45, 7) is 16.0. The first kappa shape index (κ1) is 44.4. The van der Waals surface area contributed by atoms with Gasteiger partial charge in [0.15, 0.2) is 6.10 Å². The average Bonchev–Trinajstić information content (AvgIpc) is 3.79.